The summed E-state index contributed by atoms with van der Waals surface area (Å²) in [5, 5.41) is 3.01. The molecule has 0 spiro atoms. The van der Waals surface area contributed by atoms with Gasteiger partial charge < -0.3 is 25.6 Å². The van der Waals surface area contributed by atoms with Gasteiger partial charge in [0.15, 0.2) is 0 Å². The van der Waals surface area contributed by atoms with Gasteiger partial charge in [0.1, 0.15) is 23.6 Å². The standard InChI is InChI=1S/C36H40N4O3/c1-39(2)30-17-21-32(22-18-30)43-31-19-13-26(14-20-31)24-33-36(42)40(34(35(41)38-33)10-6-7-23-37)25-27-11-15-29(16-12-27)28-8-4-3-5-9-28/h3-5,8-9,11-22,33-34H,6-7,10,23-25,37H2,1-2H3,(H,38,41)/t33?,34-/m0/s1. The number of benzene rings is 4. The summed E-state index contributed by atoms with van der Waals surface area (Å²) in [5.41, 5.74) is 11.0. The minimum atomic E-state index is -0.632. The van der Waals surface area contributed by atoms with Crippen molar-refractivity contribution in [2.75, 3.05) is 25.5 Å². The molecule has 1 fully saturated rings. The van der Waals surface area contributed by atoms with Crippen molar-refractivity contribution in [3.8, 4) is 22.6 Å². The Balaban J connectivity index is 1.27. The van der Waals surface area contributed by atoms with Crippen LogP contribution in [0.1, 0.15) is 30.4 Å². The van der Waals surface area contributed by atoms with Gasteiger partial charge in [-0.3, -0.25) is 9.59 Å². The fourth-order valence-electron chi connectivity index (χ4n) is 5.43. The minimum Gasteiger partial charge on any atom is -0.457 e. The lowest BCUT2D eigenvalue weighted by Gasteiger charge is -2.39. The Morgan fingerprint density at radius 3 is 2.00 bits per heavy atom. The van der Waals surface area contributed by atoms with Crippen LogP contribution >= 0.6 is 0 Å². The summed E-state index contributed by atoms with van der Waals surface area (Å²) < 4.78 is 6.00. The minimum absolute atomic E-state index is 0.0641. The van der Waals surface area contributed by atoms with E-state index in [2.05, 4.69) is 29.6 Å². The van der Waals surface area contributed by atoms with Crippen LogP contribution < -0.4 is 20.7 Å². The first-order valence-corrected chi connectivity index (χ1v) is 14.9. The zero-order valence-corrected chi connectivity index (χ0v) is 24.9. The van der Waals surface area contributed by atoms with Gasteiger partial charge in [-0.25, -0.2) is 0 Å². The Morgan fingerprint density at radius 2 is 1.37 bits per heavy atom. The summed E-state index contributed by atoms with van der Waals surface area (Å²) in [5.74, 6) is 1.29. The molecule has 0 aromatic heterocycles. The molecule has 43 heavy (non-hydrogen) atoms. The lowest BCUT2D eigenvalue weighted by molar-refractivity contribution is -0.150. The van der Waals surface area contributed by atoms with Crippen molar-refractivity contribution < 1.29 is 14.3 Å². The number of hydrogen-bond acceptors (Lipinski definition) is 5. The van der Waals surface area contributed by atoms with Crippen LogP contribution in [0.15, 0.2) is 103 Å². The van der Waals surface area contributed by atoms with Crippen LogP contribution in [0.4, 0.5) is 5.69 Å². The summed E-state index contributed by atoms with van der Waals surface area (Å²) in [6.07, 6.45) is 2.59. The number of nitrogens with two attached hydrogens (primary N) is 1. The van der Waals surface area contributed by atoms with Gasteiger partial charge in [0.05, 0.1) is 0 Å². The smallest absolute Gasteiger partial charge is 0.246 e. The van der Waals surface area contributed by atoms with Crippen molar-refractivity contribution in [3.05, 3.63) is 114 Å². The van der Waals surface area contributed by atoms with E-state index in [1.807, 2.05) is 97.9 Å². The molecule has 0 aliphatic carbocycles. The molecule has 1 aliphatic heterocycles. The number of hydrogen-bond donors (Lipinski definition) is 2. The highest BCUT2D eigenvalue weighted by Gasteiger charge is 2.40. The highest BCUT2D eigenvalue weighted by Crippen LogP contribution is 2.26. The molecule has 5 rings (SSSR count). The third kappa shape index (κ3) is 7.62. The fourth-order valence-corrected chi connectivity index (χ4v) is 5.43. The number of carbonyl (C=O) groups excluding carboxylic acids is 2. The Hall–Kier alpha value is -4.62. The molecule has 7 heteroatoms. The lowest BCUT2D eigenvalue weighted by atomic mass is 9.96. The predicted molar refractivity (Wildman–Crippen MR) is 172 cm³/mol. The largest absolute Gasteiger partial charge is 0.457 e. The predicted octanol–water partition coefficient (Wildman–Crippen LogP) is 5.78. The summed E-state index contributed by atoms with van der Waals surface area (Å²) in [6.45, 7) is 0.942. The van der Waals surface area contributed by atoms with Gasteiger partial charge in [0, 0.05) is 32.7 Å². The lowest BCUT2D eigenvalue weighted by Crippen LogP contribution is -2.63. The summed E-state index contributed by atoms with van der Waals surface area (Å²) in [6, 6.07) is 32.8. The number of unbranched alkanes of at least 4 members (excludes halogenated alkanes) is 1. The van der Waals surface area contributed by atoms with E-state index in [0.29, 0.717) is 31.7 Å². The maximum Gasteiger partial charge on any atom is 0.246 e. The topological polar surface area (TPSA) is 87.9 Å². The van der Waals surface area contributed by atoms with Gasteiger partial charge in [-0.2, -0.15) is 0 Å². The normalized spacial score (nSPS) is 16.6. The first-order chi connectivity index (χ1) is 20.9. The number of rotatable bonds is 12. The average Bonchev–Trinajstić information content (AvgIpc) is 3.03. The van der Waals surface area contributed by atoms with E-state index in [-0.39, 0.29) is 11.8 Å². The van der Waals surface area contributed by atoms with Crippen LogP contribution in [-0.4, -0.2) is 49.4 Å². The van der Waals surface area contributed by atoms with Crippen molar-refractivity contribution in [1.82, 2.24) is 10.2 Å². The van der Waals surface area contributed by atoms with E-state index in [0.717, 1.165) is 46.5 Å². The first kappa shape index (κ1) is 29.9. The third-order valence-electron chi connectivity index (χ3n) is 7.87. The molecule has 222 valence electrons. The Labute approximate surface area is 254 Å². The molecule has 4 aromatic carbocycles. The zero-order chi connectivity index (χ0) is 30.2. The number of nitrogens with zero attached hydrogens (tertiary/aromatic N) is 2. The SMILES string of the molecule is CN(C)c1ccc(Oc2ccc(CC3NC(=O)[C@H](CCCCN)N(Cc4ccc(-c5ccccc5)cc4)C3=O)cc2)cc1. The maximum absolute atomic E-state index is 13.9. The van der Waals surface area contributed by atoms with Gasteiger partial charge in [-0.05, 0) is 84.5 Å². The highest BCUT2D eigenvalue weighted by molar-refractivity contribution is 5.97. The summed E-state index contributed by atoms with van der Waals surface area (Å²) in [7, 11) is 4.00. The van der Waals surface area contributed by atoms with Crippen LogP contribution in [-0.2, 0) is 22.6 Å². The van der Waals surface area contributed by atoms with E-state index < -0.39 is 12.1 Å². The molecule has 1 saturated heterocycles. The zero-order valence-electron chi connectivity index (χ0n) is 24.9. The Kier molecular flexibility index (Phi) is 9.74. The van der Waals surface area contributed by atoms with Crippen LogP contribution in [0.2, 0.25) is 0 Å². The fraction of sp³-hybridized carbons (Fsp3) is 0.278. The second kappa shape index (κ2) is 14.0. The van der Waals surface area contributed by atoms with Gasteiger partial charge in [-0.1, -0.05) is 66.7 Å². The van der Waals surface area contributed by atoms with Crippen LogP contribution in [0.5, 0.6) is 11.5 Å². The molecular formula is C36H40N4O3. The number of anilines is 1. The van der Waals surface area contributed by atoms with Crippen LogP contribution in [0.25, 0.3) is 11.1 Å². The molecule has 2 amide bonds. The van der Waals surface area contributed by atoms with Crippen LogP contribution in [0.3, 0.4) is 0 Å². The molecule has 0 saturated carbocycles. The van der Waals surface area contributed by atoms with Gasteiger partial charge in [0.25, 0.3) is 0 Å². The monoisotopic (exact) mass is 576 g/mol. The number of carbonyl (C=O) groups is 2. The van der Waals surface area contributed by atoms with E-state index in [4.69, 9.17) is 10.5 Å². The number of amides is 2. The second-order valence-electron chi connectivity index (χ2n) is 11.2. The van der Waals surface area contributed by atoms with E-state index in [1.165, 1.54) is 0 Å². The molecule has 4 aromatic rings. The van der Waals surface area contributed by atoms with Crippen LogP contribution in [0, 0.1) is 0 Å². The molecular weight excluding hydrogens is 536 g/mol. The quantitative estimate of drug-likeness (QED) is 0.209. The summed E-state index contributed by atoms with van der Waals surface area (Å²) in [4.78, 5) is 31.0. The average molecular weight is 577 g/mol. The molecule has 7 nitrogen and oxygen atoms in total. The Bertz CT molecular complexity index is 1490. The first-order valence-electron chi connectivity index (χ1n) is 14.9. The van der Waals surface area contributed by atoms with E-state index in [9.17, 15) is 9.59 Å². The van der Waals surface area contributed by atoms with Gasteiger partial charge in [-0.15, -0.1) is 0 Å². The number of piperazine rings is 1. The molecule has 1 unspecified atom stereocenters. The molecule has 1 aliphatic rings. The highest BCUT2D eigenvalue weighted by atomic mass is 16.5. The molecule has 3 N–H and O–H groups in total. The van der Waals surface area contributed by atoms with E-state index >= 15 is 0 Å². The van der Waals surface area contributed by atoms with Gasteiger partial charge in [0.2, 0.25) is 11.8 Å². The maximum atomic E-state index is 13.9. The molecule has 0 bridgehead atoms. The second-order valence-corrected chi connectivity index (χ2v) is 11.2. The van der Waals surface area contributed by atoms with Crippen molar-refractivity contribution in [1.29, 1.82) is 0 Å². The van der Waals surface area contributed by atoms with E-state index in [1.54, 1.807) is 4.90 Å². The van der Waals surface area contributed by atoms with Crippen molar-refractivity contribution in [2.45, 2.75) is 44.3 Å². The number of nitrogens with one attached hydrogen (secondary N) is 1. The Morgan fingerprint density at radius 1 is 0.767 bits per heavy atom. The molecule has 1 heterocycles. The van der Waals surface area contributed by atoms with Crippen molar-refractivity contribution in [2.24, 2.45) is 5.73 Å². The van der Waals surface area contributed by atoms with Crippen molar-refractivity contribution >= 4 is 17.5 Å². The third-order valence-corrected chi connectivity index (χ3v) is 7.87. The summed E-state index contributed by atoms with van der Waals surface area (Å²) >= 11 is 0. The van der Waals surface area contributed by atoms with Gasteiger partial charge >= 0.3 is 0 Å². The number of ether oxygens (including phenoxy) is 1. The van der Waals surface area contributed by atoms with Crippen molar-refractivity contribution in [3.63, 3.8) is 0 Å². The molecule has 2 atom stereocenters. The molecule has 0 radical (unpaired) electrons.